The van der Waals surface area contributed by atoms with Crippen molar-refractivity contribution in [2.45, 2.75) is 19.1 Å². The van der Waals surface area contributed by atoms with Gasteiger partial charge in [0.05, 0.1) is 0 Å². The second-order valence-corrected chi connectivity index (χ2v) is 4.68. The largest absolute Gasteiger partial charge is 0.369 e. The van der Waals surface area contributed by atoms with Crippen LogP contribution in [0.4, 0.5) is 0 Å². The molecule has 1 aliphatic rings. The Morgan fingerprint density at radius 3 is 2.71 bits per heavy atom. The Morgan fingerprint density at radius 1 is 1.36 bits per heavy atom. The van der Waals surface area contributed by atoms with Crippen LogP contribution in [0, 0.1) is 0 Å². The fraction of sp³-hybridized carbons (Fsp3) is 0.364. The molecule has 0 saturated carbocycles. The van der Waals surface area contributed by atoms with Crippen molar-refractivity contribution in [3.63, 3.8) is 0 Å². The zero-order valence-electron chi connectivity index (χ0n) is 8.10. The van der Waals surface area contributed by atoms with E-state index < -0.39 is 5.72 Å². The maximum Gasteiger partial charge on any atom is 0.155 e. The van der Waals surface area contributed by atoms with E-state index >= 15 is 0 Å². The minimum atomic E-state index is -0.879. The van der Waals surface area contributed by atoms with E-state index in [2.05, 4.69) is 4.99 Å². The van der Waals surface area contributed by atoms with Crippen molar-refractivity contribution in [3.05, 3.63) is 35.9 Å². The average molecular weight is 207 g/mol. The van der Waals surface area contributed by atoms with Crippen LogP contribution in [-0.4, -0.2) is 21.6 Å². The highest BCUT2D eigenvalue weighted by molar-refractivity contribution is 8.14. The summed E-state index contributed by atoms with van der Waals surface area (Å²) in [6.07, 6.45) is 0.730. The SMILES string of the molecule is CC1(O)CCSC(c2ccccc2)=N1. The highest BCUT2D eigenvalue weighted by atomic mass is 32.2. The van der Waals surface area contributed by atoms with Crippen LogP contribution >= 0.6 is 11.8 Å². The van der Waals surface area contributed by atoms with Crippen molar-refractivity contribution in [2.24, 2.45) is 4.99 Å². The van der Waals surface area contributed by atoms with Crippen LogP contribution in [0.25, 0.3) is 0 Å². The van der Waals surface area contributed by atoms with Crippen molar-refractivity contribution >= 4 is 16.8 Å². The number of thioether (sulfide) groups is 1. The lowest BCUT2D eigenvalue weighted by atomic mass is 10.2. The number of benzene rings is 1. The van der Waals surface area contributed by atoms with Gasteiger partial charge in [-0.2, -0.15) is 0 Å². The summed E-state index contributed by atoms with van der Waals surface area (Å²) in [4.78, 5) is 4.32. The second kappa shape index (κ2) is 3.75. The van der Waals surface area contributed by atoms with Crippen LogP contribution in [0.5, 0.6) is 0 Å². The monoisotopic (exact) mass is 207 g/mol. The Balaban J connectivity index is 2.31. The molecule has 1 atom stereocenters. The molecule has 74 valence electrons. The first-order valence-electron chi connectivity index (χ1n) is 4.68. The molecule has 0 saturated heterocycles. The minimum absolute atomic E-state index is 0.730. The number of hydrogen-bond acceptors (Lipinski definition) is 3. The van der Waals surface area contributed by atoms with E-state index in [9.17, 15) is 5.11 Å². The molecule has 0 radical (unpaired) electrons. The summed E-state index contributed by atoms with van der Waals surface area (Å²) in [6.45, 7) is 1.76. The fourth-order valence-electron chi connectivity index (χ4n) is 1.38. The smallest absolute Gasteiger partial charge is 0.155 e. The third-order valence-electron chi connectivity index (χ3n) is 2.18. The van der Waals surface area contributed by atoms with Crippen molar-refractivity contribution in [2.75, 3.05) is 5.75 Å². The summed E-state index contributed by atoms with van der Waals surface area (Å²) in [5.41, 5.74) is 0.216. The third kappa shape index (κ3) is 2.16. The van der Waals surface area contributed by atoms with E-state index in [1.807, 2.05) is 30.3 Å². The summed E-state index contributed by atoms with van der Waals surface area (Å²) in [5.74, 6) is 0.931. The van der Waals surface area contributed by atoms with Gasteiger partial charge in [-0.1, -0.05) is 30.3 Å². The molecular weight excluding hydrogens is 194 g/mol. The van der Waals surface area contributed by atoms with Crippen LogP contribution in [-0.2, 0) is 0 Å². The molecule has 0 spiro atoms. The van der Waals surface area contributed by atoms with Gasteiger partial charge in [-0.05, 0) is 6.92 Å². The van der Waals surface area contributed by atoms with Crippen molar-refractivity contribution in [1.82, 2.24) is 0 Å². The molecule has 0 amide bonds. The number of rotatable bonds is 1. The number of aliphatic imine (C=N–C) groups is 1. The summed E-state index contributed by atoms with van der Waals surface area (Å²) in [7, 11) is 0. The average Bonchev–Trinajstić information content (AvgIpc) is 2.18. The van der Waals surface area contributed by atoms with Crippen LogP contribution in [0.2, 0.25) is 0 Å². The van der Waals surface area contributed by atoms with Gasteiger partial charge >= 0.3 is 0 Å². The first-order chi connectivity index (χ1) is 6.67. The van der Waals surface area contributed by atoms with Gasteiger partial charge in [-0.15, -0.1) is 11.8 Å². The normalized spacial score (nSPS) is 27.1. The highest BCUT2D eigenvalue weighted by Gasteiger charge is 2.24. The Kier molecular flexibility index (Phi) is 2.61. The van der Waals surface area contributed by atoms with Crippen molar-refractivity contribution in [3.8, 4) is 0 Å². The van der Waals surface area contributed by atoms with Gasteiger partial charge in [0.1, 0.15) is 5.04 Å². The van der Waals surface area contributed by atoms with E-state index in [1.165, 1.54) is 0 Å². The van der Waals surface area contributed by atoms with E-state index in [4.69, 9.17) is 0 Å². The molecule has 1 aromatic rings. The molecule has 0 fully saturated rings. The van der Waals surface area contributed by atoms with Crippen molar-refractivity contribution in [1.29, 1.82) is 0 Å². The van der Waals surface area contributed by atoms with E-state index in [1.54, 1.807) is 18.7 Å². The first kappa shape index (κ1) is 9.74. The molecule has 1 N–H and O–H groups in total. The van der Waals surface area contributed by atoms with Gasteiger partial charge < -0.3 is 5.11 Å². The molecule has 3 heteroatoms. The van der Waals surface area contributed by atoms with Crippen molar-refractivity contribution < 1.29 is 5.11 Å². The van der Waals surface area contributed by atoms with E-state index in [0.29, 0.717) is 0 Å². The lowest BCUT2D eigenvalue weighted by Crippen LogP contribution is -2.27. The van der Waals surface area contributed by atoms with E-state index in [0.717, 1.165) is 22.8 Å². The number of nitrogens with zero attached hydrogens (tertiary/aromatic N) is 1. The molecule has 2 rings (SSSR count). The molecule has 0 aromatic heterocycles. The standard InChI is InChI=1S/C11H13NOS/c1-11(13)7-8-14-10(12-11)9-5-3-2-4-6-9/h2-6,13H,7-8H2,1H3. The van der Waals surface area contributed by atoms with Crippen LogP contribution in [0.1, 0.15) is 18.9 Å². The lowest BCUT2D eigenvalue weighted by Gasteiger charge is -2.24. The van der Waals surface area contributed by atoms with Gasteiger partial charge in [0.2, 0.25) is 0 Å². The lowest BCUT2D eigenvalue weighted by molar-refractivity contribution is 0.0667. The van der Waals surface area contributed by atoms with E-state index in [-0.39, 0.29) is 0 Å². The molecular formula is C11H13NOS. The van der Waals surface area contributed by atoms with Crippen LogP contribution < -0.4 is 0 Å². The predicted molar refractivity (Wildman–Crippen MR) is 60.7 cm³/mol. The molecule has 1 heterocycles. The van der Waals surface area contributed by atoms with Crippen LogP contribution in [0.15, 0.2) is 35.3 Å². The molecule has 1 unspecified atom stereocenters. The molecule has 1 aliphatic heterocycles. The predicted octanol–water partition coefficient (Wildman–Crippen LogP) is 2.28. The first-order valence-corrected chi connectivity index (χ1v) is 5.66. The Labute approximate surface area is 88.1 Å². The van der Waals surface area contributed by atoms with Gasteiger partial charge in [-0.3, -0.25) is 0 Å². The summed E-state index contributed by atoms with van der Waals surface area (Å²) in [5, 5.41) is 10.8. The summed E-state index contributed by atoms with van der Waals surface area (Å²) in [6, 6.07) is 10.00. The Morgan fingerprint density at radius 2 is 2.07 bits per heavy atom. The molecule has 0 bridgehead atoms. The second-order valence-electron chi connectivity index (χ2n) is 3.60. The minimum Gasteiger partial charge on any atom is -0.369 e. The van der Waals surface area contributed by atoms with Gasteiger partial charge in [0, 0.05) is 17.7 Å². The Hall–Kier alpha value is -0.800. The molecule has 0 aliphatic carbocycles. The number of hydrogen-bond donors (Lipinski definition) is 1. The molecule has 14 heavy (non-hydrogen) atoms. The quantitative estimate of drug-likeness (QED) is 0.766. The zero-order valence-corrected chi connectivity index (χ0v) is 8.92. The maximum absolute atomic E-state index is 9.81. The van der Waals surface area contributed by atoms with Gasteiger partial charge in [0.15, 0.2) is 5.72 Å². The topological polar surface area (TPSA) is 32.6 Å². The molecule has 1 aromatic carbocycles. The Bertz CT molecular complexity index is 346. The fourth-order valence-corrected chi connectivity index (χ4v) is 2.62. The summed E-state index contributed by atoms with van der Waals surface area (Å²) < 4.78 is 0. The zero-order chi connectivity index (χ0) is 10.0. The van der Waals surface area contributed by atoms with Gasteiger partial charge in [-0.25, -0.2) is 4.99 Å². The molecule has 2 nitrogen and oxygen atoms in total. The van der Waals surface area contributed by atoms with Gasteiger partial charge in [0.25, 0.3) is 0 Å². The third-order valence-corrected chi connectivity index (χ3v) is 3.19. The highest BCUT2D eigenvalue weighted by Crippen LogP contribution is 2.27. The maximum atomic E-state index is 9.81. The summed E-state index contributed by atoms with van der Waals surface area (Å²) >= 11 is 1.71. The van der Waals surface area contributed by atoms with Crippen LogP contribution in [0.3, 0.4) is 0 Å². The number of aliphatic hydroxyl groups is 1.